The minimum absolute atomic E-state index is 0.0964. The summed E-state index contributed by atoms with van der Waals surface area (Å²) in [6.45, 7) is 7.43. The van der Waals surface area contributed by atoms with E-state index in [9.17, 15) is 14.8 Å². The molecule has 3 aromatic carbocycles. The number of benzene rings is 3. The molecule has 0 spiro atoms. The molecule has 0 N–H and O–H groups in total. The summed E-state index contributed by atoms with van der Waals surface area (Å²) in [5, 5.41) is 14.1. The van der Waals surface area contributed by atoms with Crippen LogP contribution < -0.4 is 14.5 Å². The highest BCUT2D eigenvalue weighted by Gasteiger charge is 2.51. The lowest BCUT2D eigenvalue weighted by molar-refractivity contribution is -0.299. The number of rotatable bonds is 7. The van der Waals surface area contributed by atoms with Gasteiger partial charge in [-0.25, -0.2) is 0 Å². The molecule has 0 aromatic heterocycles. The van der Waals surface area contributed by atoms with E-state index in [2.05, 4.69) is 58.3 Å². The number of allylic oxidation sites excluding steroid dienone is 4. The summed E-state index contributed by atoms with van der Waals surface area (Å²) in [7, 11) is 8.05. The molecule has 2 aliphatic rings. The highest BCUT2D eigenvalue weighted by Crippen LogP contribution is 2.42. The molecule has 46 heavy (non-hydrogen) atoms. The van der Waals surface area contributed by atoms with Crippen molar-refractivity contribution in [1.82, 2.24) is 5.06 Å². The summed E-state index contributed by atoms with van der Waals surface area (Å²) in [6.07, 6.45) is 8.36. The molecule has 0 bridgehead atoms. The predicted octanol–water partition coefficient (Wildman–Crippen LogP) is 7.45. The van der Waals surface area contributed by atoms with Crippen LogP contribution in [0.2, 0.25) is 0 Å². The van der Waals surface area contributed by atoms with E-state index in [1.165, 1.54) is 0 Å². The van der Waals surface area contributed by atoms with Gasteiger partial charge in [0.25, 0.3) is 0 Å². The van der Waals surface area contributed by atoms with Crippen LogP contribution >= 0.6 is 0 Å². The van der Waals surface area contributed by atoms with E-state index in [0.717, 1.165) is 44.3 Å². The Morgan fingerprint density at radius 1 is 0.848 bits per heavy atom. The first-order valence-corrected chi connectivity index (χ1v) is 15.7. The number of carbonyl (C=O) groups is 2. The maximum Gasteiger partial charge on any atom is 0.316 e. The third kappa shape index (κ3) is 6.57. The minimum atomic E-state index is -0.890. The molecule has 0 amide bonds. The molecule has 7 heteroatoms. The number of esters is 1. The van der Waals surface area contributed by atoms with Crippen molar-refractivity contribution in [1.29, 1.82) is 0 Å². The number of hydrogen-bond donors (Lipinski definition) is 0. The van der Waals surface area contributed by atoms with Crippen LogP contribution in [0.25, 0.3) is 17.2 Å². The molecular weight excluding hydrogens is 574 g/mol. The predicted molar refractivity (Wildman–Crippen MR) is 186 cm³/mol. The van der Waals surface area contributed by atoms with E-state index < -0.39 is 23.0 Å². The normalized spacial score (nSPS) is 19.4. The van der Waals surface area contributed by atoms with Crippen molar-refractivity contribution in [2.45, 2.75) is 51.6 Å². The summed E-state index contributed by atoms with van der Waals surface area (Å²) in [5.74, 6) is -0.677. The molecule has 239 valence electrons. The standard InChI is InChI=1S/C39H44N3O4/c1-38(2)24-23-35(39(3,4)42(38)45)37(44)46-31-18-19-33-28(25-31)13-22-36(43)34(33)21-20-32(26-9-14-29(15-10-26)40(5)6)27-11-16-30(17-12-27)41(7)8/h9-22,25,35H,23-24H2,1-8H3/b34-21-. The molecule has 1 saturated heterocycles. The van der Waals surface area contributed by atoms with Gasteiger partial charge in [-0.2, -0.15) is 0 Å². The van der Waals surface area contributed by atoms with Gasteiger partial charge in [-0.15, -0.1) is 10.3 Å². The first kappa shape index (κ1) is 32.9. The molecule has 1 aliphatic heterocycles. The molecule has 5 rings (SSSR count). The Morgan fingerprint density at radius 2 is 1.41 bits per heavy atom. The third-order valence-electron chi connectivity index (χ3n) is 9.27. The van der Waals surface area contributed by atoms with Crippen molar-refractivity contribution in [3.05, 3.63) is 107 Å². The van der Waals surface area contributed by atoms with Gasteiger partial charge in [0.2, 0.25) is 0 Å². The number of anilines is 2. The Morgan fingerprint density at radius 3 is 1.96 bits per heavy atom. The zero-order chi connectivity index (χ0) is 33.4. The van der Waals surface area contributed by atoms with E-state index in [4.69, 9.17) is 4.74 Å². The topological polar surface area (TPSA) is 73.0 Å². The molecular formula is C39H44N3O4. The van der Waals surface area contributed by atoms with Gasteiger partial charge in [-0.3, -0.25) is 9.59 Å². The van der Waals surface area contributed by atoms with Crippen LogP contribution in [-0.4, -0.2) is 56.1 Å². The number of ketones is 1. The van der Waals surface area contributed by atoms with Gasteiger partial charge in [-0.1, -0.05) is 36.4 Å². The second kappa shape index (κ2) is 12.7. The molecule has 3 aromatic rings. The van der Waals surface area contributed by atoms with Gasteiger partial charge >= 0.3 is 5.97 Å². The summed E-state index contributed by atoms with van der Waals surface area (Å²) < 4.78 is 5.84. The molecule has 7 nitrogen and oxygen atoms in total. The number of hydroxylamine groups is 2. The number of carbonyl (C=O) groups excluding carboxylic acids is 2. The Bertz CT molecular complexity index is 1660. The first-order valence-electron chi connectivity index (χ1n) is 15.7. The number of nitrogens with zero attached hydrogens (tertiary/aromatic N) is 3. The monoisotopic (exact) mass is 618 g/mol. The zero-order valence-corrected chi connectivity index (χ0v) is 28.1. The van der Waals surface area contributed by atoms with Crippen molar-refractivity contribution in [3.63, 3.8) is 0 Å². The lowest BCUT2D eigenvalue weighted by atomic mass is 9.74. The third-order valence-corrected chi connectivity index (χ3v) is 9.27. The lowest BCUT2D eigenvalue weighted by Crippen LogP contribution is -2.62. The Labute approximate surface area is 273 Å². The van der Waals surface area contributed by atoms with Crippen molar-refractivity contribution in [3.8, 4) is 5.75 Å². The molecule has 1 aliphatic carbocycles. The fourth-order valence-electron chi connectivity index (χ4n) is 6.42. The second-order valence-electron chi connectivity index (χ2n) is 13.8. The van der Waals surface area contributed by atoms with E-state index in [0.29, 0.717) is 24.2 Å². The van der Waals surface area contributed by atoms with Crippen molar-refractivity contribution in [2.75, 3.05) is 38.0 Å². The van der Waals surface area contributed by atoms with Gasteiger partial charge in [0, 0.05) is 50.7 Å². The molecule has 1 heterocycles. The quantitative estimate of drug-likeness (QED) is 0.156. The van der Waals surface area contributed by atoms with Crippen LogP contribution in [0, 0.1) is 5.92 Å². The number of piperidine rings is 1. The van der Waals surface area contributed by atoms with E-state index >= 15 is 0 Å². The van der Waals surface area contributed by atoms with Gasteiger partial charge in [0.1, 0.15) is 5.75 Å². The summed E-state index contributed by atoms with van der Waals surface area (Å²) in [6, 6.07) is 22.0. The Kier molecular flexibility index (Phi) is 9.12. The van der Waals surface area contributed by atoms with E-state index in [1.807, 2.05) is 60.3 Å². The molecule has 1 atom stereocenters. The van der Waals surface area contributed by atoms with Crippen LogP contribution in [0.5, 0.6) is 5.75 Å². The first-order chi connectivity index (χ1) is 21.7. The lowest BCUT2D eigenvalue weighted by Gasteiger charge is -2.50. The van der Waals surface area contributed by atoms with Gasteiger partial charge < -0.3 is 14.5 Å². The molecule has 1 fully saturated rings. The smallest absolute Gasteiger partial charge is 0.316 e. The Balaban J connectivity index is 1.46. The summed E-state index contributed by atoms with van der Waals surface area (Å²) in [4.78, 5) is 30.6. The second-order valence-corrected chi connectivity index (χ2v) is 13.8. The largest absolute Gasteiger partial charge is 0.426 e. The zero-order valence-electron chi connectivity index (χ0n) is 28.1. The fraction of sp³-hybridized carbons (Fsp3) is 0.333. The number of hydrogen-bond acceptors (Lipinski definition) is 6. The Hall–Kier alpha value is -4.46. The van der Waals surface area contributed by atoms with E-state index in [-0.39, 0.29) is 5.78 Å². The average Bonchev–Trinajstić information content (AvgIpc) is 3.01. The highest BCUT2D eigenvalue weighted by atomic mass is 16.5. The van der Waals surface area contributed by atoms with Crippen LogP contribution in [0.3, 0.4) is 0 Å². The van der Waals surface area contributed by atoms with Crippen LogP contribution in [0.1, 0.15) is 62.8 Å². The van der Waals surface area contributed by atoms with Gasteiger partial charge in [0.05, 0.1) is 11.5 Å². The molecule has 0 saturated carbocycles. The maximum absolute atomic E-state index is 13.3. The van der Waals surface area contributed by atoms with E-state index in [1.54, 1.807) is 38.1 Å². The highest BCUT2D eigenvalue weighted by molar-refractivity contribution is 6.30. The van der Waals surface area contributed by atoms with Crippen molar-refractivity contribution < 1.29 is 19.5 Å². The van der Waals surface area contributed by atoms with Crippen molar-refractivity contribution in [2.24, 2.45) is 5.92 Å². The van der Waals surface area contributed by atoms with Crippen molar-refractivity contribution >= 4 is 40.3 Å². The van der Waals surface area contributed by atoms with Crippen LogP contribution in [-0.2, 0) is 14.8 Å². The summed E-state index contributed by atoms with van der Waals surface area (Å²) in [5.41, 5.74) is 5.94. The average molecular weight is 619 g/mol. The minimum Gasteiger partial charge on any atom is -0.426 e. The molecule has 1 unspecified atom stereocenters. The number of ether oxygens (including phenoxy) is 1. The van der Waals surface area contributed by atoms with Crippen LogP contribution in [0.4, 0.5) is 11.4 Å². The van der Waals surface area contributed by atoms with Gasteiger partial charge in [0.15, 0.2) is 5.78 Å². The van der Waals surface area contributed by atoms with Gasteiger partial charge in [-0.05, 0) is 123 Å². The number of fused-ring (bicyclic) bond motifs is 1. The van der Waals surface area contributed by atoms with Crippen LogP contribution in [0.15, 0.2) is 85.0 Å². The SMILES string of the molecule is CN(C)c1ccc(C(=C/C=C2\C(=O)C=Cc3cc(OC(=O)C4CCC(C)(C)N([O])C4(C)C)ccc32)c2ccc(N(C)C)cc2)cc1. The molecule has 1 radical (unpaired) electrons. The maximum atomic E-state index is 13.3. The summed E-state index contributed by atoms with van der Waals surface area (Å²) >= 11 is 0. The fourth-order valence-corrected chi connectivity index (χ4v) is 6.42.